The van der Waals surface area contributed by atoms with E-state index < -0.39 is 0 Å². The van der Waals surface area contributed by atoms with Crippen molar-refractivity contribution < 1.29 is 4.79 Å². The van der Waals surface area contributed by atoms with Crippen molar-refractivity contribution in [2.75, 3.05) is 5.32 Å². The molecule has 0 saturated heterocycles. The van der Waals surface area contributed by atoms with E-state index in [9.17, 15) is 4.79 Å². The Morgan fingerprint density at radius 1 is 1.59 bits per heavy atom. The summed E-state index contributed by atoms with van der Waals surface area (Å²) in [6.07, 6.45) is 5.77. The molecule has 1 amide bonds. The molecule has 5 nitrogen and oxygen atoms in total. The molecule has 17 heavy (non-hydrogen) atoms. The molecule has 6 heteroatoms. The van der Waals surface area contributed by atoms with Crippen LogP contribution in [0.25, 0.3) is 0 Å². The van der Waals surface area contributed by atoms with Crippen molar-refractivity contribution in [3.05, 3.63) is 11.8 Å². The van der Waals surface area contributed by atoms with Gasteiger partial charge in [-0.15, -0.1) is 0 Å². The summed E-state index contributed by atoms with van der Waals surface area (Å²) in [7, 11) is 1.76. The van der Waals surface area contributed by atoms with Crippen LogP contribution in [-0.4, -0.2) is 20.7 Å². The second kappa shape index (κ2) is 4.83. The van der Waals surface area contributed by atoms with Crippen LogP contribution in [0.2, 0.25) is 0 Å². The van der Waals surface area contributed by atoms with Crippen molar-refractivity contribution in [1.82, 2.24) is 9.78 Å². The van der Waals surface area contributed by atoms with Crippen LogP contribution in [0.4, 0.5) is 5.82 Å². The molecule has 2 rings (SSSR count). The molecular formula is C11H16N4OS. The molecule has 1 heterocycles. The maximum absolute atomic E-state index is 12.0. The number of amides is 1. The Hall–Kier alpha value is -1.43. The standard InChI is InChI=1S/C11H16N4OS/c1-15-10(8(6-13-15)9(12)17)14-11(16)7-4-2-3-5-7/h6-7H,2-5H2,1H3,(H2,12,17)(H,14,16). The Bertz CT molecular complexity index is 448. The summed E-state index contributed by atoms with van der Waals surface area (Å²) < 4.78 is 1.58. The molecule has 1 fully saturated rings. The highest BCUT2D eigenvalue weighted by molar-refractivity contribution is 7.80. The molecule has 0 aliphatic heterocycles. The SMILES string of the molecule is Cn1ncc(C(N)=S)c1NC(=O)C1CCCC1. The summed E-state index contributed by atoms with van der Waals surface area (Å²) in [4.78, 5) is 12.3. The number of hydrogen-bond acceptors (Lipinski definition) is 3. The van der Waals surface area contributed by atoms with Gasteiger partial charge in [0.2, 0.25) is 5.91 Å². The number of hydrogen-bond donors (Lipinski definition) is 2. The van der Waals surface area contributed by atoms with Crippen molar-refractivity contribution in [2.45, 2.75) is 25.7 Å². The van der Waals surface area contributed by atoms with Crippen LogP contribution in [0.15, 0.2) is 6.20 Å². The van der Waals surface area contributed by atoms with E-state index in [1.54, 1.807) is 17.9 Å². The number of rotatable bonds is 3. The van der Waals surface area contributed by atoms with Crippen molar-refractivity contribution in [3.8, 4) is 0 Å². The van der Waals surface area contributed by atoms with Gasteiger partial charge in [-0.2, -0.15) is 5.10 Å². The average Bonchev–Trinajstić information content (AvgIpc) is 2.89. The van der Waals surface area contributed by atoms with E-state index in [1.165, 1.54) is 0 Å². The van der Waals surface area contributed by atoms with E-state index in [2.05, 4.69) is 10.4 Å². The number of anilines is 1. The third kappa shape index (κ3) is 2.46. The fourth-order valence-corrected chi connectivity index (χ4v) is 2.32. The van der Waals surface area contributed by atoms with Gasteiger partial charge in [0.1, 0.15) is 10.8 Å². The number of nitrogens with two attached hydrogens (primary N) is 1. The molecule has 0 atom stereocenters. The molecule has 0 bridgehead atoms. The Labute approximate surface area is 105 Å². The predicted octanol–water partition coefficient (Wildman–Crippen LogP) is 1.18. The summed E-state index contributed by atoms with van der Waals surface area (Å²) in [6.45, 7) is 0. The van der Waals surface area contributed by atoms with Crippen molar-refractivity contribution in [1.29, 1.82) is 0 Å². The third-order valence-corrected chi connectivity index (χ3v) is 3.39. The third-order valence-electron chi connectivity index (χ3n) is 3.17. The van der Waals surface area contributed by atoms with Crippen molar-refractivity contribution in [3.63, 3.8) is 0 Å². The van der Waals surface area contributed by atoms with Crippen LogP contribution in [0.1, 0.15) is 31.2 Å². The van der Waals surface area contributed by atoms with E-state index in [0.717, 1.165) is 25.7 Å². The lowest BCUT2D eigenvalue weighted by molar-refractivity contribution is -0.119. The van der Waals surface area contributed by atoms with Gasteiger partial charge in [-0.05, 0) is 12.8 Å². The number of aromatic nitrogens is 2. The van der Waals surface area contributed by atoms with Crippen LogP contribution in [0.3, 0.4) is 0 Å². The monoisotopic (exact) mass is 252 g/mol. The summed E-state index contributed by atoms with van der Waals surface area (Å²) in [5.41, 5.74) is 6.20. The normalized spacial score (nSPS) is 16.1. The first-order valence-electron chi connectivity index (χ1n) is 5.72. The molecule has 1 aromatic rings. The Morgan fingerprint density at radius 3 is 2.82 bits per heavy atom. The molecule has 1 saturated carbocycles. The average molecular weight is 252 g/mol. The Kier molecular flexibility index (Phi) is 3.42. The molecule has 92 valence electrons. The van der Waals surface area contributed by atoms with Crippen molar-refractivity contribution in [2.24, 2.45) is 18.7 Å². The van der Waals surface area contributed by atoms with E-state index in [1.807, 2.05) is 0 Å². The molecule has 0 spiro atoms. The van der Waals surface area contributed by atoms with E-state index >= 15 is 0 Å². The summed E-state index contributed by atoms with van der Waals surface area (Å²) in [5.74, 6) is 0.752. The maximum atomic E-state index is 12.0. The van der Waals surface area contributed by atoms with Gasteiger partial charge in [0.15, 0.2) is 0 Å². The zero-order valence-electron chi connectivity index (χ0n) is 9.77. The number of nitrogens with one attached hydrogen (secondary N) is 1. The first-order valence-corrected chi connectivity index (χ1v) is 6.13. The highest BCUT2D eigenvalue weighted by Crippen LogP contribution is 2.26. The van der Waals surface area contributed by atoms with E-state index in [0.29, 0.717) is 11.4 Å². The number of aryl methyl sites for hydroxylation is 1. The molecule has 3 N–H and O–H groups in total. The maximum Gasteiger partial charge on any atom is 0.228 e. The zero-order valence-corrected chi connectivity index (χ0v) is 10.6. The van der Waals surface area contributed by atoms with E-state index in [-0.39, 0.29) is 16.8 Å². The lowest BCUT2D eigenvalue weighted by Gasteiger charge is -2.11. The minimum absolute atomic E-state index is 0.0450. The first-order chi connectivity index (χ1) is 8.09. The number of nitrogens with zero attached hydrogens (tertiary/aromatic N) is 2. The molecule has 1 aliphatic carbocycles. The topological polar surface area (TPSA) is 72.9 Å². The number of carbonyl (C=O) groups excluding carboxylic acids is 1. The number of carbonyl (C=O) groups is 1. The molecule has 0 aromatic carbocycles. The lowest BCUT2D eigenvalue weighted by Crippen LogP contribution is -2.23. The van der Waals surface area contributed by atoms with E-state index in [4.69, 9.17) is 18.0 Å². The van der Waals surface area contributed by atoms with Gasteiger partial charge in [-0.3, -0.25) is 9.48 Å². The largest absolute Gasteiger partial charge is 0.389 e. The highest BCUT2D eigenvalue weighted by Gasteiger charge is 2.24. The number of thiocarbonyl (C=S) groups is 1. The fraction of sp³-hybridized carbons (Fsp3) is 0.545. The van der Waals surface area contributed by atoms with Gasteiger partial charge in [0, 0.05) is 13.0 Å². The van der Waals surface area contributed by atoms with Crippen molar-refractivity contribution >= 4 is 28.9 Å². The minimum Gasteiger partial charge on any atom is -0.389 e. The summed E-state index contributed by atoms with van der Waals surface area (Å²) in [6, 6.07) is 0. The molecule has 0 radical (unpaired) electrons. The van der Waals surface area contributed by atoms with Gasteiger partial charge in [0.25, 0.3) is 0 Å². The molecule has 1 aromatic heterocycles. The Balaban J connectivity index is 2.14. The Morgan fingerprint density at radius 2 is 2.24 bits per heavy atom. The second-order valence-electron chi connectivity index (χ2n) is 4.37. The van der Waals surface area contributed by atoms with Gasteiger partial charge in [-0.1, -0.05) is 25.1 Å². The predicted molar refractivity (Wildman–Crippen MR) is 69.7 cm³/mol. The van der Waals surface area contributed by atoms with Crippen LogP contribution in [0, 0.1) is 5.92 Å². The summed E-state index contributed by atoms with van der Waals surface area (Å²) >= 11 is 4.92. The molecular weight excluding hydrogens is 236 g/mol. The van der Waals surface area contributed by atoms with Gasteiger partial charge in [0.05, 0.1) is 11.8 Å². The van der Waals surface area contributed by atoms with Crippen LogP contribution in [0.5, 0.6) is 0 Å². The highest BCUT2D eigenvalue weighted by atomic mass is 32.1. The van der Waals surface area contributed by atoms with Gasteiger partial charge >= 0.3 is 0 Å². The van der Waals surface area contributed by atoms with Gasteiger partial charge < -0.3 is 11.1 Å². The second-order valence-corrected chi connectivity index (χ2v) is 4.81. The smallest absolute Gasteiger partial charge is 0.228 e. The van der Waals surface area contributed by atoms with Crippen LogP contribution in [-0.2, 0) is 11.8 Å². The fourth-order valence-electron chi connectivity index (χ4n) is 2.17. The van der Waals surface area contributed by atoms with Crippen LogP contribution < -0.4 is 11.1 Å². The summed E-state index contributed by atoms with van der Waals surface area (Å²) in [5, 5.41) is 6.93. The quantitative estimate of drug-likeness (QED) is 0.792. The lowest BCUT2D eigenvalue weighted by atomic mass is 10.1. The zero-order chi connectivity index (χ0) is 12.4. The molecule has 0 unspecified atom stereocenters. The molecule has 1 aliphatic rings. The first kappa shape index (κ1) is 12.0. The van der Waals surface area contributed by atoms with Gasteiger partial charge in [-0.25, -0.2) is 0 Å². The van der Waals surface area contributed by atoms with Crippen LogP contribution >= 0.6 is 12.2 Å². The minimum atomic E-state index is 0.0450.